The van der Waals surface area contributed by atoms with Crippen LogP contribution in [0.4, 0.5) is 18.2 Å². The molecule has 1 amide bonds. The first kappa shape index (κ1) is 27.7. The highest BCUT2D eigenvalue weighted by Crippen LogP contribution is 2.42. The summed E-state index contributed by atoms with van der Waals surface area (Å²) in [6.07, 6.45) is -0.0172. The zero-order chi connectivity index (χ0) is 28.7. The number of methoxy groups -OCH3 is 1. The molecular formula is C27H31F3N8O2S. The van der Waals surface area contributed by atoms with Gasteiger partial charge in [0.05, 0.1) is 17.1 Å². The summed E-state index contributed by atoms with van der Waals surface area (Å²) < 4.78 is 48.5. The number of halogens is 3. The quantitative estimate of drug-likeness (QED) is 0.350. The molecule has 218 valence electrons. The first-order valence-corrected chi connectivity index (χ1v) is 14.3. The number of imidazole rings is 1. The maximum absolute atomic E-state index is 13.8. The lowest BCUT2D eigenvalue weighted by atomic mass is 10.2. The second-order valence-electron chi connectivity index (χ2n) is 10.6. The number of carbonyl (C=O) groups is 1. The van der Waals surface area contributed by atoms with E-state index in [0.29, 0.717) is 47.3 Å². The molecular weight excluding hydrogens is 557 g/mol. The summed E-state index contributed by atoms with van der Waals surface area (Å²) in [5.41, 5.74) is 2.67. The minimum atomic E-state index is -4.58. The van der Waals surface area contributed by atoms with E-state index in [2.05, 4.69) is 25.0 Å². The summed E-state index contributed by atoms with van der Waals surface area (Å²) in [5, 5.41) is 3.57. The maximum atomic E-state index is 13.8. The Labute approximate surface area is 238 Å². The maximum Gasteiger partial charge on any atom is 0.443 e. The standard InChI is InChI=1S/C27H31F3N8O2S/c1-17-13-36(10-11-38(17)22(39)16-37-8-3-7-31-37)25-23(34-26(41-25)27(28,29)30)24-32-20-5-4-18(12-21(20)33-24)14-35-9-6-19(15-35)40-2/h3-5,7-8,12,17,19H,6,9-11,13-16H2,1-2H3,(H,32,33)/t17?,19-/m1/s1. The number of carbonyl (C=O) groups excluding carboxylic acids is 1. The normalized spacial score (nSPS) is 20.4. The van der Waals surface area contributed by atoms with Crippen molar-refractivity contribution in [2.75, 3.05) is 44.7 Å². The van der Waals surface area contributed by atoms with Crippen molar-refractivity contribution in [3.63, 3.8) is 0 Å². The molecule has 14 heteroatoms. The van der Waals surface area contributed by atoms with Gasteiger partial charge in [0, 0.05) is 64.8 Å². The molecule has 2 atom stereocenters. The SMILES string of the molecule is CO[C@@H]1CCN(Cc2ccc3nc(-c4nc(C(F)(F)F)sc4N4CCN(C(=O)Cn5cccn5)C(C)C4)[nH]c3c2)C1. The molecule has 2 fully saturated rings. The fraction of sp³-hybridized carbons (Fsp3) is 0.481. The number of piperazine rings is 1. The van der Waals surface area contributed by atoms with Gasteiger partial charge in [-0.05, 0) is 37.1 Å². The molecule has 2 aliphatic rings. The molecule has 0 radical (unpaired) electrons. The van der Waals surface area contributed by atoms with Gasteiger partial charge in [0.25, 0.3) is 0 Å². The summed E-state index contributed by atoms with van der Waals surface area (Å²) in [4.78, 5) is 30.7. The number of alkyl halides is 3. The Morgan fingerprint density at radius 2 is 2.05 bits per heavy atom. The van der Waals surface area contributed by atoms with Crippen LogP contribution in [0.3, 0.4) is 0 Å². The minimum Gasteiger partial charge on any atom is -0.380 e. The van der Waals surface area contributed by atoms with Gasteiger partial charge < -0.3 is 19.5 Å². The van der Waals surface area contributed by atoms with E-state index in [4.69, 9.17) is 4.74 Å². The van der Waals surface area contributed by atoms with Crippen molar-refractivity contribution in [1.82, 2.24) is 34.5 Å². The van der Waals surface area contributed by atoms with Gasteiger partial charge in [0.1, 0.15) is 17.2 Å². The van der Waals surface area contributed by atoms with Gasteiger partial charge >= 0.3 is 6.18 Å². The first-order valence-electron chi connectivity index (χ1n) is 13.5. The van der Waals surface area contributed by atoms with Crippen LogP contribution in [0, 0.1) is 0 Å². The molecule has 1 unspecified atom stereocenters. The molecule has 41 heavy (non-hydrogen) atoms. The summed E-state index contributed by atoms with van der Waals surface area (Å²) in [6.45, 7) is 5.72. The molecule has 2 saturated heterocycles. The van der Waals surface area contributed by atoms with E-state index < -0.39 is 11.2 Å². The zero-order valence-corrected chi connectivity index (χ0v) is 23.6. The number of likely N-dealkylation sites (tertiary alicyclic amines) is 1. The van der Waals surface area contributed by atoms with Crippen molar-refractivity contribution in [1.29, 1.82) is 0 Å². The van der Waals surface area contributed by atoms with Crippen LogP contribution in [0.1, 0.15) is 23.9 Å². The largest absolute Gasteiger partial charge is 0.443 e. The van der Waals surface area contributed by atoms with Crippen molar-refractivity contribution in [3.8, 4) is 11.5 Å². The van der Waals surface area contributed by atoms with E-state index >= 15 is 0 Å². The first-order chi connectivity index (χ1) is 19.7. The fourth-order valence-electron chi connectivity index (χ4n) is 5.60. The van der Waals surface area contributed by atoms with Crippen LogP contribution in [0.25, 0.3) is 22.6 Å². The number of hydrogen-bond acceptors (Lipinski definition) is 8. The van der Waals surface area contributed by atoms with Crippen LogP contribution >= 0.6 is 11.3 Å². The second-order valence-corrected chi connectivity index (χ2v) is 11.6. The number of anilines is 1. The van der Waals surface area contributed by atoms with Crippen LogP contribution in [-0.4, -0.2) is 92.4 Å². The van der Waals surface area contributed by atoms with Crippen molar-refractivity contribution in [2.45, 2.75) is 44.8 Å². The molecule has 4 aromatic rings. The molecule has 0 bridgehead atoms. The Morgan fingerprint density at radius 3 is 2.76 bits per heavy atom. The van der Waals surface area contributed by atoms with Crippen LogP contribution in [0.2, 0.25) is 0 Å². The van der Waals surface area contributed by atoms with Crippen molar-refractivity contribution in [2.24, 2.45) is 0 Å². The van der Waals surface area contributed by atoms with Crippen LogP contribution in [0.15, 0.2) is 36.7 Å². The van der Waals surface area contributed by atoms with Gasteiger partial charge in [-0.25, -0.2) is 9.97 Å². The minimum absolute atomic E-state index is 0.0823. The molecule has 0 spiro atoms. The third-order valence-corrected chi connectivity index (χ3v) is 8.84. The number of nitrogens with zero attached hydrogens (tertiary/aromatic N) is 7. The lowest BCUT2D eigenvalue weighted by molar-refractivity contribution is -0.137. The van der Waals surface area contributed by atoms with Crippen molar-refractivity contribution < 1.29 is 22.7 Å². The second kappa shape index (κ2) is 11.1. The molecule has 1 N–H and O–H groups in total. The zero-order valence-electron chi connectivity index (χ0n) is 22.8. The Bertz CT molecular complexity index is 1520. The van der Waals surface area contributed by atoms with Crippen molar-refractivity contribution >= 4 is 33.3 Å². The van der Waals surface area contributed by atoms with Gasteiger partial charge in [-0.15, -0.1) is 0 Å². The Balaban J connectivity index is 1.24. The summed E-state index contributed by atoms with van der Waals surface area (Å²) >= 11 is 0.614. The van der Waals surface area contributed by atoms with E-state index in [9.17, 15) is 18.0 Å². The number of rotatable bonds is 7. The number of nitrogens with one attached hydrogen (secondary N) is 1. The van der Waals surface area contributed by atoms with E-state index in [1.807, 2.05) is 30.0 Å². The van der Waals surface area contributed by atoms with Crippen LogP contribution in [0.5, 0.6) is 0 Å². The van der Waals surface area contributed by atoms with Gasteiger partial charge in [-0.3, -0.25) is 14.4 Å². The number of benzene rings is 1. The molecule has 3 aromatic heterocycles. The average molecular weight is 589 g/mol. The topological polar surface area (TPSA) is 95.4 Å². The highest BCUT2D eigenvalue weighted by Gasteiger charge is 2.39. The summed E-state index contributed by atoms with van der Waals surface area (Å²) in [7, 11) is 1.73. The Kier molecular flexibility index (Phi) is 7.47. The number of aromatic amines is 1. The number of fused-ring (bicyclic) bond motifs is 1. The summed E-state index contributed by atoms with van der Waals surface area (Å²) in [6, 6.07) is 7.42. The molecule has 6 rings (SSSR count). The molecule has 2 aliphatic heterocycles. The van der Waals surface area contributed by atoms with E-state index in [1.54, 1.807) is 35.2 Å². The lowest BCUT2D eigenvalue weighted by Crippen LogP contribution is -2.54. The predicted molar refractivity (Wildman–Crippen MR) is 149 cm³/mol. The number of ether oxygens (including phenoxy) is 1. The highest BCUT2D eigenvalue weighted by atomic mass is 32.1. The third-order valence-electron chi connectivity index (χ3n) is 7.68. The lowest BCUT2D eigenvalue weighted by Gasteiger charge is -2.40. The Morgan fingerprint density at radius 1 is 1.20 bits per heavy atom. The summed E-state index contributed by atoms with van der Waals surface area (Å²) in [5.74, 6) is 0.213. The molecule has 0 aliphatic carbocycles. The van der Waals surface area contributed by atoms with E-state index in [1.165, 1.54) is 0 Å². The van der Waals surface area contributed by atoms with Gasteiger partial charge in [-0.1, -0.05) is 17.4 Å². The predicted octanol–water partition coefficient (Wildman–Crippen LogP) is 3.86. The van der Waals surface area contributed by atoms with Gasteiger partial charge in [-0.2, -0.15) is 18.3 Å². The molecule has 10 nitrogen and oxygen atoms in total. The molecule has 0 saturated carbocycles. The third kappa shape index (κ3) is 5.81. The van der Waals surface area contributed by atoms with E-state index in [-0.39, 0.29) is 30.3 Å². The number of amides is 1. The molecule has 1 aromatic carbocycles. The van der Waals surface area contributed by atoms with E-state index in [0.717, 1.165) is 37.1 Å². The number of hydrogen-bond donors (Lipinski definition) is 1. The smallest absolute Gasteiger partial charge is 0.380 e. The number of aromatic nitrogens is 5. The van der Waals surface area contributed by atoms with Crippen LogP contribution in [-0.2, 0) is 28.8 Å². The average Bonchev–Trinajstić information content (AvgIpc) is 3.74. The Hall–Kier alpha value is -3.49. The van der Waals surface area contributed by atoms with Crippen LogP contribution < -0.4 is 4.90 Å². The monoisotopic (exact) mass is 588 g/mol. The highest BCUT2D eigenvalue weighted by molar-refractivity contribution is 7.16. The van der Waals surface area contributed by atoms with Gasteiger partial charge in [0.2, 0.25) is 10.9 Å². The van der Waals surface area contributed by atoms with Crippen molar-refractivity contribution in [3.05, 3.63) is 47.2 Å². The van der Waals surface area contributed by atoms with Gasteiger partial charge in [0.15, 0.2) is 5.82 Å². The number of H-pyrrole nitrogens is 1. The number of thiazole rings is 1. The fourth-order valence-corrected chi connectivity index (χ4v) is 6.57. The molecule has 5 heterocycles.